The van der Waals surface area contributed by atoms with Gasteiger partial charge in [-0.1, -0.05) is 6.07 Å². The zero-order valence-electron chi connectivity index (χ0n) is 22.1. The molecular formula is C25H39N6O5+. The van der Waals surface area contributed by atoms with Crippen molar-refractivity contribution in [2.24, 2.45) is 5.73 Å². The minimum absolute atomic E-state index is 0.0263. The Balaban J connectivity index is 0.000000522. The fourth-order valence-corrected chi connectivity index (χ4v) is 3.18. The predicted molar refractivity (Wildman–Crippen MR) is 139 cm³/mol. The number of carbonyl (C=O) groups excluding carboxylic acids is 2. The van der Waals surface area contributed by atoms with Crippen LogP contribution in [-0.2, 0) is 20.7 Å². The predicted octanol–water partition coefficient (Wildman–Crippen LogP) is 0.788. The molecule has 4 heterocycles. The second kappa shape index (κ2) is 17.9. The molecule has 0 saturated carbocycles. The average Bonchev–Trinajstić information content (AvgIpc) is 3.27. The molecule has 3 aromatic rings. The van der Waals surface area contributed by atoms with Crippen LogP contribution in [-0.4, -0.2) is 66.9 Å². The van der Waals surface area contributed by atoms with Gasteiger partial charge in [-0.05, 0) is 46.1 Å². The summed E-state index contributed by atoms with van der Waals surface area (Å²) < 4.78 is 5.82. The normalized spacial score (nSPS) is 11.4. The molecule has 0 spiro atoms. The summed E-state index contributed by atoms with van der Waals surface area (Å²) in [7, 11) is 5.62. The number of esters is 1. The van der Waals surface area contributed by atoms with Crippen LogP contribution < -0.4 is 20.9 Å². The third-order valence-corrected chi connectivity index (χ3v) is 4.62. The topological polar surface area (TPSA) is 164 Å². The van der Waals surface area contributed by atoms with E-state index in [-0.39, 0.29) is 11.9 Å². The monoisotopic (exact) mass is 503 g/mol. The zero-order valence-corrected chi connectivity index (χ0v) is 22.1. The number of nitrogens with one attached hydrogen (secondary N) is 2. The highest BCUT2D eigenvalue weighted by Gasteiger charge is 2.29. The Labute approximate surface area is 212 Å². The summed E-state index contributed by atoms with van der Waals surface area (Å²) in [5.41, 5.74) is 9.18. The Kier molecular flexibility index (Phi) is 16.1. The Morgan fingerprint density at radius 3 is 2.50 bits per heavy atom. The number of rotatable bonds is 3. The number of aromatic nitrogens is 3. The third-order valence-electron chi connectivity index (χ3n) is 4.62. The molecule has 0 radical (unpaired) electrons. The number of hydrogen-bond acceptors (Lipinski definition) is 9. The molecule has 11 nitrogen and oxygen atoms in total. The molecule has 0 aliphatic carbocycles. The van der Waals surface area contributed by atoms with E-state index < -0.39 is 6.23 Å². The second-order valence-corrected chi connectivity index (χ2v) is 7.16. The first kappa shape index (κ1) is 32.5. The largest absolute Gasteiger partial charge is 0.469 e. The molecule has 1 atom stereocenters. The summed E-state index contributed by atoms with van der Waals surface area (Å²) in [4.78, 5) is 29.4. The van der Waals surface area contributed by atoms with E-state index >= 15 is 0 Å². The fraction of sp³-hybridized carbons (Fsp3) is 0.400. The van der Waals surface area contributed by atoms with E-state index in [0.717, 1.165) is 35.4 Å². The molecule has 0 aromatic carbocycles. The van der Waals surface area contributed by atoms with Crippen LogP contribution in [0.5, 0.6) is 0 Å². The van der Waals surface area contributed by atoms with Gasteiger partial charge in [-0.3, -0.25) is 19.6 Å². The molecule has 0 saturated heterocycles. The van der Waals surface area contributed by atoms with Crippen LogP contribution in [0, 0.1) is 13.8 Å². The van der Waals surface area contributed by atoms with Crippen molar-refractivity contribution in [3.63, 3.8) is 0 Å². The lowest BCUT2D eigenvalue weighted by molar-refractivity contribution is -0.762. The van der Waals surface area contributed by atoms with Crippen LogP contribution >= 0.6 is 0 Å². The number of anilines is 1. The first-order valence-electron chi connectivity index (χ1n) is 11.2. The highest BCUT2D eigenvalue weighted by molar-refractivity contribution is 5.97. The molecule has 0 fully saturated rings. The lowest BCUT2D eigenvalue weighted by atomic mass is 10.2. The van der Waals surface area contributed by atoms with Gasteiger partial charge in [-0.25, -0.2) is 0 Å². The molecule has 0 bridgehead atoms. The van der Waals surface area contributed by atoms with Crippen LogP contribution in [0.3, 0.4) is 0 Å². The van der Waals surface area contributed by atoms with Gasteiger partial charge < -0.3 is 31.3 Å². The Morgan fingerprint density at radius 1 is 1.28 bits per heavy atom. The van der Waals surface area contributed by atoms with Gasteiger partial charge >= 0.3 is 5.97 Å². The van der Waals surface area contributed by atoms with Gasteiger partial charge in [0.15, 0.2) is 6.20 Å². The van der Waals surface area contributed by atoms with Gasteiger partial charge in [0.2, 0.25) is 11.6 Å². The van der Waals surface area contributed by atoms with Crippen molar-refractivity contribution in [3.8, 4) is 0 Å². The van der Waals surface area contributed by atoms with E-state index in [0.29, 0.717) is 13.0 Å². The number of amides is 1. The third kappa shape index (κ3) is 10.4. The van der Waals surface area contributed by atoms with Crippen molar-refractivity contribution in [2.75, 3.05) is 40.2 Å². The number of ether oxygens (including phenoxy) is 1. The van der Waals surface area contributed by atoms with Crippen LogP contribution in [0.15, 0.2) is 42.7 Å². The molecule has 1 aliphatic heterocycles. The van der Waals surface area contributed by atoms with Crippen LogP contribution in [0.4, 0.5) is 5.69 Å². The number of fused-ring (bicyclic) bond motifs is 2. The number of aryl methyl sites for hydroxylation is 2. The highest BCUT2D eigenvalue weighted by atomic mass is 16.5. The Morgan fingerprint density at radius 2 is 1.92 bits per heavy atom. The van der Waals surface area contributed by atoms with Gasteiger partial charge in [0, 0.05) is 37.4 Å². The minimum atomic E-state index is -0.641. The van der Waals surface area contributed by atoms with E-state index in [9.17, 15) is 14.7 Å². The average molecular weight is 504 g/mol. The fourth-order valence-electron chi connectivity index (χ4n) is 3.18. The van der Waals surface area contributed by atoms with Crippen LogP contribution in [0.25, 0.3) is 10.9 Å². The quantitative estimate of drug-likeness (QED) is 0.257. The van der Waals surface area contributed by atoms with Gasteiger partial charge in [0.05, 0.1) is 24.9 Å². The molecule has 1 unspecified atom stereocenters. The summed E-state index contributed by atoms with van der Waals surface area (Å²) in [5, 5.41) is 23.6. The van der Waals surface area contributed by atoms with Gasteiger partial charge in [-0.2, -0.15) is 4.57 Å². The number of methoxy groups -OCH3 is 1. The van der Waals surface area contributed by atoms with Crippen molar-refractivity contribution in [1.82, 2.24) is 15.3 Å². The van der Waals surface area contributed by atoms with E-state index in [2.05, 4.69) is 43.2 Å². The number of nitrogens with two attached hydrogens (primary N) is 1. The SMILES string of the molecule is CN.CNCC(O)[n+]1cccc2c1CC(=O)N2.CO.COC(C)=O.Cc1cc2cccnc2c(C)n1. The van der Waals surface area contributed by atoms with Crippen LogP contribution in [0.2, 0.25) is 0 Å². The van der Waals surface area contributed by atoms with Crippen molar-refractivity contribution in [2.45, 2.75) is 33.4 Å². The smallest absolute Gasteiger partial charge is 0.302 e. The van der Waals surface area contributed by atoms with E-state index in [1.54, 1.807) is 24.0 Å². The summed E-state index contributed by atoms with van der Waals surface area (Å²) in [5.74, 6) is -0.272. The molecule has 198 valence electrons. The molecular weight excluding hydrogens is 464 g/mol. The Bertz CT molecular complexity index is 1090. The summed E-state index contributed by atoms with van der Waals surface area (Å²) in [6, 6.07) is 9.70. The van der Waals surface area contributed by atoms with Crippen molar-refractivity contribution in [1.29, 1.82) is 0 Å². The molecule has 1 amide bonds. The second-order valence-electron chi connectivity index (χ2n) is 7.16. The zero-order chi connectivity index (χ0) is 27.7. The van der Waals surface area contributed by atoms with Gasteiger partial charge in [0.1, 0.15) is 12.1 Å². The number of likely N-dealkylation sites (N-methyl/N-ethyl adjacent to an activating group) is 1. The first-order valence-corrected chi connectivity index (χ1v) is 11.2. The molecule has 6 N–H and O–H groups in total. The standard InChI is InChI=1S/C10H13N3O2.C10H10N2.C3H6O2.CH5N.CH4O/c1-11-6-10(15)13-4-2-3-7-8(13)5-9(14)12-7;1-7-6-9-4-3-5-11-10(9)8(2)12-7;1-3(4)5-2;2*1-2/h2-4,10-11,15H,5-6H2,1H3;3-6H,1-2H3;1-2H3;2H2,1H3;2H,1H3/p+1. The van der Waals surface area contributed by atoms with E-state index in [1.165, 1.54) is 26.5 Å². The Hall–Kier alpha value is -3.51. The maximum Gasteiger partial charge on any atom is 0.302 e. The van der Waals surface area contributed by atoms with Gasteiger partial charge in [-0.15, -0.1) is 0 Å². The molecule has 36 heavy (non-hydrogen) atoms. The molecule has 3 aromatic heterocycles. The lowest BCUT2D eigenvalue weighted by Gasteiger charge is -2.07. The molecule has 11 heteroatoms. The first-order chi connectivity index (χ1) is 17.3. The van der Waals surface area contributed by atoms with Gasteiger partial charge in [0.25, 0.3) is 6.23 Å². The summed E-state index contributed by atoms with van der Waals surface area (Å²) in [6.07, 6.45) is 3.27. The lowest BCUT2D eigenvalue weighted by Crippen LogP contribution is -2.46. The van der Waals surface area contributed by atoms with Crippen LogP contribution in [0.1, 0.15) is 30.2 Å². The molecule has 1 aliphatic rings. The summed E-state index contributed by atoms with van der Waals surface area (Å²) in [6.45, 7) is 5.80. The summed E-state index contributed by atoms with van der Waals surface area (Å²) >= 11 is 0. The van der Waals surface area contributed by atoms with E-state index in [4.69, 9.17) is 5.11 Å². The number of pyridine rings is 3. The molecule has 4 rings (SSSR count). The van der Waals surface area contributed by atoms with E-state index in [1.807, 2.05) is 32.0 Å². The number of hydrogen-bond donors (Lipinski definition) is 5. The minimum Gasteiger partial charge on any atom is -0.469 e. The van der Waals surface area contributed by atoms with Crippen molar-refractivity contribution >= 4 is 28.5 Å². The number of aliphatic hydroxyl groups is 2. The number of nitrogens with zero attached hydrogens (tertiary/aromatic N) is 3. The maximum absolute atomic E-state index is 11.2. The highest BCUT2D eigenvalue weighted by Crippen LogP contribution is 2.19. The van der Waals surface area contributed by atoms with Crippen molar-refractivity contribution in [3.05, 3.63) is 59.8 Å². The maximum atomic E-state index is 11.2. The number of aliphatic hydroxyl groups excluding tert-OH is 2. The van der Waals surface area contributed by atoms with Crippen molar-refractivity contribution < 1.29 is 29.1 Å². The number of carbonyl (C=O) groups is 2.